The molecule has 9 heteroatoms. The average Bonchev–Trinajstić information content (AvgIpc) is 3.34. The number of hydrogen-bond donors (Lipinski definition) is 3. The van der Waals surface area contributed by atoms with Crippen LogP contribution >= 0.6 is 12.4 Å². The Morgan fingerprint density at radius 1 is 1.36 bits per heavy atom. The number of aliphatic hydroxyl groups excluding tert-OH is 1. The minimum absolute atomic E-state index is 0. The molecule has 1 amide bonds. The fourth-order valence-corrected chi connectivity index (χ4v) is 2.02. The van der Waals surface area contributed by atoms with Crippen LogP contribution in [0.3, 0.4) is 0 Å². The first-order valence-electron chi connectivity index (χ1n) is 7.80. The predicted octanol–water partition coefficient (Wildman–Crippen LogP) is 1.98. The second-order valence-corrected chi connectivity index (χ2v) is 5.87. The lowest BCUT2D eigenvalue weighted by atomic mass is 10.2. The SMILES string of the molecule is Cl.O=C(CNCC1CC1)NCC(O)COc1cccc(C(F)(F)F)c1. The topological polar surface area (TPSA) is 70.6 Å². The maximum absolute atomic E-state index is 12.6. The van der Waals surface area contributed by atoms with Gasteiger partial charge < -0.3 is 20.5 Å². The molecule has 1 aromatic rings. The van der Waals surface area contributed by atoms with E-state index in [2.05, 4.69) is 10.6 Å². The molecule has 1 fully saturated rings. The smallest absolute Gasteiger partial charge is 0.416 e. The van der Waals surface area contributed by atoms with Crippen molar-refractivity contribution in [3.8, 4) is 5.75 Å². The van der Waals surface area contributed by atoms with E-state index in [1.54, 1.807) is 0 Å². The molecule has 0 aliphatic heterocycles. The molecular formula is C16H22ClF3N2O3. The zero-order valence-electron chi connectivity index (χ0n) is 13.5. The van der Waals surface area contributed by atoms with Gasteiger partial charge in [-0.2, -0.15) is 13.2 Å². The molecule has 0 spiro atoms. The van der Waals surface area contributed by atoms with Crippen molar-refractivity contribution in [2.45, 2.75) is 25.1 Å². The summed E-state index contributed by atoms with van der Waals surface area (Å²) in [6.07, 6.45) is -3.06. The number of benzene rings is 1. The Labute approximate surface area is 150 Å². The van der Waals surface area contributed by atoms with Crippen molar-refractivity contribution >= 4 is 18.3 Å². The molecule has 142 valence electrons. The van der Waals surface area contributed by atoms with E-state index in [1.807, 2.05) is 0 Å². The highest BCUT2D eigenvalue weighted by Gasteiger charge is 2.30. The third kappa shape index (κ3) is 8.42. The van der Waals surface area contributed by atoms with Crippen LogP contribution in [0, 0.1) is 5.92 Å². The van der Waals surface area contributed by atoms with Crippen LogP contribution in [-0.4, -0.2) is 43.4 Å². The molecule has 1 aliphatic carbocycles. The van der Waals surface area contributed by atoms with Gasteiger partial charge in [-0.15, -0.1) is 12.4 Å². The largest absolute Gasteiger partial charge is 0.491 e. The van der Waals surface area contributed by atoms with E-state index in [0.29, 0.717) is 5.92 Å². The quantitative estimate of drug-likeness (QED) is 0.611. The number of carbonyl (C=O) groups excluding carboxylic acids is 1. The molecule has 0 heterocycles. The Morgan fingerprint density at radius 2 is 2.08 bits per heavy atom. The van der Waals surface area contributed by atoms with Gasteiger partial charge in [0, 0.05) is 6.54 Å². The molecule has 0 bridgehead atoms. The lowest BCUT2D eigenvalue weighted by Gasteiger charge is -2.14. The number of nitrogens with one attached hydrogen (secondary N) is 2. The molecular weight excluding hydrogens is 361 g/mol. The number of ether oxygens (including phenoxy) is 1. The molecule has 2 rings (SSSR count). The number of hydrogen-bond acceptors (Lipinski definition) is 4. The van der Waals surface area contributed by atoms with E-state index < -0.39 is 17.8 Å². The van der Waals surface area contributed by atoms with Crippen molar-refractivity contribution in [3.05, 3.63) is 29.8 Å². The van der Waals surface area contributed by atoms with Gasteiger partial charge in [0.15, 0.2) is 0 Å². The molecule has 0 aromatic heterocycles. The number of amides is 1. The Morgan fingerprint density at radius 3 is 2.72 bits per heavy atom. The number of halogens is 4. The number of carbonyl (C=O) groups is 1. The van der Waals surface area contributed by atoms with E-state index in [1.165, 1.54) is 25.0 Å². The van der Waals surface area contributed by atoms with Gasteiger partial charge in [-0.05, 0) is 43.5 Å². The van der Waals surface area contributed by atoms with Gasteiger partial charge in [0.1, 0.15) is 18.5 Å². The number of rotatable bonds is 9. The van der Waals surface area contributed by atoms with Gasteiger partial charge in [-0.1, -0.05) is 6.07 Å². The molecule has 25 heavy (non-hydrogen) atoms. The highest BCUT2D eigenvalue weighted by molar-refractivity contribution is 5.85. The average molecular weight is 383 g/mol. The second kappa shape index (κ2) is 9.84. The molecule has 1 unspecified atom stereocenters. The van der Waals surface area contributed by atoms with Crippen molar-refractivity contribution in [1.29, 1.82) is 0 Å². The Balaban J connectivity index is 0.00000312. The van der Waals surface area contributed by atoms with Gasteiger partial charge in [0.05, 0.1) is 12.1 Å². The van der Waals surface area contributed by atoms with Crippen molar-refractivity contribution in [3.63, 3.8) is 0 Å². The summed E-state index contributed by atoms with van der Waals surface area (Å²) in [6, 6.07) is 4.42. The molecule has 1 aromatic carbocycles. The second-order valence-electron chi connectivity index (χ2n) is 5.87. The molecule has 3 N–H and O–H groups in total. The van der Waals surface area contributed by atoms with Gasteiger partial charge in [0.25, 0.3) is 0 Å². The summed E-state index contributed by atoms with van der Waals surface area (Å²) in [6.45, 7) is 0.756. The van der Waals surface area contributed by atoms with E-state index in [9.17, 15) is 23.1 Å². The maximum Gasteiger partial charge on any atom is 0.416 e. The summed E-state index contributed by atoms with van der Waals surface area (Å²) in [4.78, 5) is 11.5. The van der Waals surface area contributed by atoms with Crippen LogP contribution in [-0.2, 0) is 11.0 Å². The minimum atomic E-state index is -4.45. The maximum atomic E-state index is 12.6. The van der Waals surface area contributed by atoms with Crippen molar-refractivity contribution < 1.29 is 27.8 Å². The van der Waals surface area contributed by atoms with Crippen LogP contribution in [0.1, 0.15) is 18.4 Å². The minimum Gasteiger partial charge on any atom is -0.491 e. The lowest BCUT2D eigenvalue weighted by molar-refractivity contribution is -0.137. The summed E-state index contributed by atoms with van der Waals surface area (Å²) >= 11 is 0. The first-order valence-corrected chi connectivity index (χ1v) is 7.80. The fraction of sp³-hybridized carbons (Fsp3) is 0.562. The Kier molecular flexibility index (Phi) is 8.47. The Bertz CT molecular complexity index is 554. The van der Waals surface area contributed by atoms with Gasteiger partial charge >= 0.3 is 6.18 Å². The lowest BCUT2D eigenvalue weighted by Crippen LogP contribution is -2.40. The molecule has 0 radical (unpaired) electrons. The van der Waals surface area contributed by atoms with E-state index in [0.717, 1.165) is 18.7 Å². The summed E-state index contributed by atoms with van der Waals surface area (Å²) in [5, 5.41) is 15.3. The fourth-order valence-electron chi connectivity index (χ4n) is 2.02. The zero-order chi connectivity index (χ0) is 17.6. The highest BCUT2D eigenvalue weighted by Crippen LogP contribution is 2.31. The third-order valence-corrected chi connectivity index (χ3v) is 3.55. The van der Waals surface area contributed by atoms with Crippen LogP contribution in [0.5, 0.6) is 5.75 Å². The normalized spacial score (nSPS) is 15.2. The zero-order valence-corrected chi connectivity index (χ0v) is 14.3. The Hall–Kier alpha value is -1.51. The van der Waals surface area contributed by atoms with Crippen LogP contribution < -0.4 is 15.4 Å². The van der Waals surface area contributed by atoms with Gasteiger partial charge in [-0.3, -0.25) is 4.79 Å². The summed E-state index contributed by atoms with van der Waals surface area (Å²) < 4.78 is 42.9. The number of aliphatic hydroxyl groups is 1. The van der Waals surface area contributed by atoms with Gasteiger partial charge in [-0.25, -0.2) is 0 Å². The van der Waals surface area contributed by atoms with Crippen molar-refractivity contribution in [1.82, 2.24) is 10.6 Å². The van der Waals surface area contributed by atoms with Gasteiger partial charge in [0.2, 0.25) is 5.91 Å². The summed E-state index contributed by atoms with van der Waals surface area (Å²) in [7, 11) is 0. The monoisotopic (exact) mass is 382 g/mol. The van der Waals surface area contributed by atoms with Crippen molar-refractivity contribution in [2.75, 3.05) is 26.2 Å². The standard InChI is InChI=1S/C16H21F3N2O3.ClH/c17-16(18,19)12-2-1-3-14(6-12)24-10-13(22)8-21-15(23)9-20-7-11-4-5-11;/h1-3,6,11,13,20,22H,4-5,7-10H2,(H,21,23);1H. The van der Waals surface area contributed by atoms with Crippen molar-refractivity contribution in [2.24, 2.45) is 5.92 Å². The summed E-state index contributed by atoms with van der Waals surface area (Å²) in [5.74, 6) is 0.444. The molecule has 1 atom stereocenters. The van der Waals surface area contributed by atoms with Crippen LogP contribution in [0.2, 0.25) is 0 Å². The first-order chi connectivity index (χ1) is 11.3. The van der Waals surface area contributed by atoms with Crippen LogP contribution in [0.15, 0.2) is 24.3 Å². The van der Waals surface area contributed by atoms with E-state index >= 15 is 0 Å². The van der Waals surface area contributed by atoms with E-state index in [4.69, 9.17) is 4.74 Å². The molecule has 1 aliphatic rings. The molecule has 5 nitrogen and oxygen atoms in total. The molecule has 0 saturated heterocycles. The number of alkyl halides is 3. The molecule has 1 saturated carbocycles. The summed E-state index contributed by atoms with van der Waals surface area (Å²) in [5.41, 5.74) is -0.815. The van der Waals surface area contributed by atoms with Crippen LogP contribution in [0.25, 0.3) is 0 Å². The predicted molar refractivity (Wildman–Crippen MR) is 88.8 cm³/mol. The third-order valence-electron chi connectivity index (χ3n) is 3.55. The first kappa shape index (κ1) is 21.5. The van der Waals surface area contributed by atoms with E-state index in [-0.39, 0.29) is 43.8 Å². The van der Waals surface area contributed by atoms with Crippen LogP contribution in [0.4, 0.5) is 13.2 Å². The highest BCUT2D eigenvalue weighted by atomic mass is 35.5.